The number of anilines is 1. The number of carbonyl (C=O) groups is 1. The van der Waals surface area contributed by atoms with E-state index in [0.717, 1.165) is 19.3 Å². The topological polar surface area (TPSA) is 109 Å². The summed E-state index contributed by atoms with van der Waals surface area (Å²) >= 11 is 1.64. The zero-order valence-electron chi connectivity index (χ0n) is 11.6. The molecule has 4 N–H and O–H groups in total. The van der Waals surface area contributed by atoms with E-state index >= 15 is 0 Å². The molecule has 0 atom stereocenters. The monoisotopic (exact) mass is 330 g/mol. The number of carboxylic acid groups (broad SMARTS) is 1. The SMILES string of the molecule is CSC1(CNS(=O)(=O)c2cc(N)ccc2C(=O)O)CCC1. The molecule has 1 fully saturated rings. The van der Waals surface area contributed by atoms with Crippen LogP contribution in [0.1, 0.15) is 29.6 Å². The predicted octanol–water partition coefficient (Wildman–Crippen LogP) is 1.53. The normalized spacial score (nSPS) is 17.2. The van der Waals surface area contributed by atoms with Gasteiger partial charge in [0.1, 0.15) is 0 Å². The first-order valence-electron chi connectivity index (χ1n) is 6.47. The molecule has 1 saturated carbocycles. The van der Waals surface area contributed by atoms with Gasteiger partial charge in [0.05, 0.1) is 10.5 Å². The van der Waals surface area contributed by atoms with Crippen LogP contribution < -0.4 is 10.5 Å². The lowest BCUT2D eigenvalue weighted by molar-refractivity contribution is 0.0692. The van der Waals surface area contributed by atoms with Gasteiger partial charge in [0.25, 0.3) is 0 Å². The molecule has 1 aliphatic carbocycles. The van der Waals surface area contributed by atoms with Crippen molar-refractivity contribution in [2.24, 2.45) is 0 Å². The molecule has 0 bridgehead atoms. The van der Waals surface area contributed by atoms with Gasteiger partial charge in [0, 0.05) is 17.0 Å². The zero-order chi connectivity index (χ0) is 15.7. The lowest BCUT2D eigenvalue weighted by Crippen LogP contribution is -2.45. The molecular formula is C13H18N2O4S2. The molecule has 0 radical (unpaired) electrons. The van der Waals surface area contributed by atoms with Crippen molar-refractivity contribution in [2.75, 3.05) is 18.5 Å². The molecule has 0 spiro atoms. The molecule has 0 heterocycles. The lowest BCUT2D eigenvalue weighted by atomic mass is 9.84. The molecule has 1 aromatic rings. The summed E-state index contributed by atoms with van der Waals surface area (Å²) in [6.07, 6.45) is 4.96. The van der Waals surface area contributed by atoms with E-state index in [9.17, 15) is 13.2 Å². The highest BCUT2D eigenvalue weighted by atomic mass is 32.2. The molecular weight excluding hydrogens is 312 g/mol. The lowest BCUT2D eigenvalue weighted by Gasteiger charge is -2.40. The third-order valence-electron chi connectivity index (χ3n) is 3.81. The summed E-state index contributed by atoms with van der Waals surface area (Å²) < 4.78 is 27.2. The van der Waals surface area contributed by atoms with Crippen molar-refractivity contribution in [3.05, 3.63) is 23.8 Å². The molecule has 21 heavy (non-hydrogen) atoms. The Bertz CT molecular complexity index is 649. The molecule has 1 aromatic carbocycles. The number of hydrogen-bond acceptors (Lipinski definition) is 5. The highest BCUT2D eigenvalue weighted by molar-refractivity contribution is 8.00. The first-order chi connectivity index (χ1) is 9.80. The van der Waals surface area contributed by atoms with Crippen LogP contribution in [0, 0.1) is 0 Å². The van der Waals surface area contributed by atoms with E-state index < -0.39 is 16.0 Å². The largest absolute Gasteiger partial charge is 0.478 e. The number of benzene rings is 1. The summed E-state index contributed by atoms with van der Waals surface area (Å²) in [5, 5.41) is 9.11. The minimum absolute atomic E-state index is 0.0726. The second kappa shape index (κ2) is 5.86. The van der Waals surface area contributed by atoms with Crippen molar-refractivity contribution in [3.8, 4) is 0 Å². The second-order valence-corrected chi connectivity index (χ2v) is 8.14. The quantitative estimate of drug-likeness (QED) is 0.682. The number of nitrogens with two attached hydrogens (primary N) is 1. The van der Waals surface area contributed by atoms with Crippen LogP contribution in [0.3, 0.4) is 0 Å². The van der Waals surface area contributed by atoms with Crippen molar-refractivity contribution < 1.29 is 18.3 Å². The van der Waals surface area contributed by atoms with Crippen molar-refractivity contribution in [1.29, 1.82) is 0 Å². The fourth-order valence-corrected chi connectivity index (χ4v) is 4.63. The standard InChI is InChI=1S/C13H18N2O4S2/c1-20-13(5-2-6-13)8-15-21(18,19)11-7-9(14)3-4-10(11)12(16)17/h3-4,7,15H,2,5-6,8,14H2,1H3,(H,16,17). The summed E-state index contributed by atoms with van der Waals surface area (Å²) in [6.45, 7) is 0.296. The van der Waals surface area contributed by atoms with Crippen LogP contribution in [0.2, 0.25) is 0 Å². The van der Waals surface area contributed by atoms with Gasteiger partial charge in [0.15, 0.2) is 0 Å². The van der Waals surface area contributed by atoms with Crippen LogP contribution >= 0.6 is 11.8 Å². The van der Waals surface area contributed by atoms with E-state index in [1.54, 1.807) is 11.8 Å². The van der Waals surface area contributed by atoms with Gasteiger partial charge in [-0.05, 0) is 37.3 Å². The zero-order valence-corrected chi connectivity index (χ0v) is 13.3. The molecule has 2 rings (SSSR count). The fourth-order valence-electron chi connectivity index (χ4n) is 2.27. The van der Waals surface area contributed by atoms with Crippen molar-refractivity contribution in [3.63, 3.8) is 0 Å². The number of hydrogen-bond donors (Lipinski definition) is 3. The van der Waals surface area contributed by atoms with E-state index in [1.165, 1.54) is 18.2 Å². The average molecular weight is 330 g/mol. The maximum atomic E-state index is 12.4. The van der Waals surface area contributed by atoms with E-state index in [0.29, 0.717) is 6.54 Å². The maximum Gasteiger partial charge on any atom is 0.337 e. The third kappa shape index (κ3) is 3.33. The molecule has 116 valence electrons. The van der Waals surface area contributed by atoms with Gasteiger partial charge in [0.2, 0.25) is 10.0 Å². The smallest absolute Gasteiger partial charge is 0.337 e. The second-order valence-electron chi connectivity index (χ2n) is 5.13. The summed E-state index contributed by atoms with van der Waals surface area (Å²) in [7, 11) is -3.90. The molecule has 6 nitrogen and oxygen atoms in total. The number of carboxylic acids is 1. The van der Waals surface area contributed by atoms with Crippen LogP contribution in [-0.2, 0) is 10.0 Å². The minimum Gasteiger partial charge on any atom is -0.478 e. The van der Waals surface area contributed by atoms with Gasteiger partial charge in [-0.25, -0.2) is 17.9 Å². The van der Waals surface area contributed by atoms with Gasteiger partial charge in [-0.3, -0.25) is 0 Å². The van der Waals surface area contributed by atoms with Gasteiger partial charge in [-0.2, -0.15) is 11.8 Å². The molecule has 0 aromatic heterocycles. The highest BCUT2D eigenvalue weighted by Crippen LogP contribution is 2.42. The summed E-state index contributed by atoms with van der Waals surface area (Å²) in [6, 6.07) is 3.76. The van der Waals surface area contributed by atoms with Crippen LogP contribution in [0.4, 0.5) is 5.69 Å². The number of nitrogens with one attached hydrogen (secondary N) is 1. The fraction of sp³-hybridized carbons (Fsp3) is 0.462. The number of thioether (sulfide) groups is 1. The van der Waals surface area contributed by atoms with E-state index in [1.807, 2.05) is 6.26 Å². The predicted molar refractivity (Wildman–Crippen MR) is 83.1 cm³/mol. The van der Waals surface area contributed by atoms with E-state index in [2.05, 4.69) is 4.72 Å². The van der Waals surface area contributed by atoms with Crippen molar-refractivity contribution >= 4 is 33.4 Å². The van der Waals surface area contributed by atoms with Crippen LogP contribution in [0.25, 0.3) is 0 Å². The van der Waals surface area contributed by atoms with Gasteiger partial charge in [-0.15, -0.1) is 0 Å². The average Bonchev–Trinajstić information content (AvgIpc) is 2.37. The summed E-state index contributed by atoms with van der Waals surface area (Å²) in [4.78, 5) is 10.9. The Morgan fingerprint density at radius 1 is 1.48 bits per heavy atom. The molecule has 8 heteroatoms. The minimum atomic E-state index is -3.90. The molecule has 0 aliphatic heterocycles. The Labute approximate surface area is 128 Å². The van der Waals surface area contributed by atoms with E-state index in [-0.39, 0.29) is 20.9 Å². The Hall–Kier alpha value is -1.25. The van der Waals surface area contributed by atoms with Gasteiger partial charge < -0.3 is 10.8 Å². The summed E-state index contributed by atoms with van der Waals surface area (Å²) in [5.41, 5.74) is 5.52. The Kier molecular flexibility index (Phi) is 4.50. The van der Waals surface area contributed by atoms with E-state index in [4.69, 9.17) is 10.8 Å². The van der Waals surface area contributed by atoms with Crippen molar-refractivity contribution in [2.45, 2.75) is 28.9 Å². The Morgan fingerprint density at radius 2 is 2.14 bits per heavy atom. The summed E-state index contributed by atoms with van der Waals surface area (Å²) in [5.74, 6) is -1.29. The van der Waals surface area contributed by atoms with Gasteiger partial charge >= 0.3 is 5.97 Å². The molecule has 0 unspecified atom stereocenters. The number of nitrogen functional groups attached to an aromatic ring is 1. The highest BCUT2D eigenvalue weighted by Gasteiger charge is 2.37. The first kappa shape index (κ1) is 16.1. The first-order valence-corrected chi connectivity index (χ1v) is 9.18. The van der Waals surface area contributed by atoms with Crippen LogP contribution in [0.5, 0.6) is 0 Å². The van der Waals surface area contributed by atoms with Crippen LogP contribution in [0.15, 0.2) is 23.1 Å². The molecule has 1 aliphatic rings. The number of aromatic carboxylic acids is 1. The van der Waals surface area contributed by atoms with Gasteiger partial charge in [-0.1, -0.05) is 6.42 Å². The number of rotatable bonds is 6. The third-order valence-corrected chi connectivity index (χ3v) is 6.67. The molecule has 0 saturated heterocycles. The Balaban J connectivity index is 2.27. The number of sulfonamides is 1. The maximum absolute atomic E-state index is 12.4. The molecule has 0 amide bonds. The Morgan fingerprint density at radius 3 is 2.62 bits per heavy atom. The van der Waals surface area contributed by atoms with Crippen LogP contribution in [-0.4, -0.2) is 37.0 Å². The van der Waals surface area contributed by atoms with Crippen molar-refractivity contribution in [1.82, 2.24) is 4.72 Å².